The number of aromatic nitrogens is 2. The molecule has 0 aliphatic heterocycles. The predicted molar refractivity (Wildman–Crippen MR) is 121 cm³/mol. The maximum atomic E-state index is 6.18. The first kappa shape index (κ1) is 22.7. The summed E-state index contributed by atoms with van der Waals surface area (Å²) in [5.41, 5.74) is 1.35. The van der Waals surface area contributed by atoms with Gasteiger partial charge in [0.1, 0.15) is 5.82 Å². The Labute approximate surface area is 179 Å². The van der Waals surface area contributed by atoms with Crippen LogP contribution in [0.3, 0.4) is 0 Å². The molecule has 3 nitrogen and oxygen atoms in total. The molecule has 29 heavy (non-hydrogen) atoms. The highest BCUT2D eigenvalue weighted by Crippen LogP contribution is 2.35. The van der Waals surface area contributed by atoms with E-state index in [1.165, 1.54) is 115 Å². The quantitative estimate of drug-likeness (QED) is 0.337. The van der Waals surface area contributed by atoms with Crippen LogP contribution in [0.4, 0.5) is 0 Å². The van der Waals surface area contributed by atoms with Crippen LogP contribution in [0.1, 0.15) is 139 Å². The van der Waals surface area contributed by atoms with E-state index in [2.05, 4.69) is 19.3 Å². The van der Waals surface area contributed by atoms with Crippen LogP contribution in [0.15, 0.2) is 12.4 Å². The highest BCUT2D eigenvalue weighted by atomic mass is 16.5. The predicted octanol–water partition coefficient (Wildman–Crippen LogP) is 7.71. The summed E-state index contributed by atoms with van der Waals surface area (Å²) in [7, 11) is 0. The van der Waals surface area contributed by atoms with Crippen molar-refractivity contribution in [2.75, 3.05) is 6.61 Å². The lowest BCUT2D eigenvalue weighted by molar-refractivity contribution is 0.0225. The van der Waals surface area contributed by atoms with Gasteiger partial charge in [-0.2, -0.15) is 0 Å². The molecule has 0 N–H and O–H groups in total. The molecule has 0 aromatic carbocycles. The van der Waals surface area contributed by atoms with E-state index in [9.17, 15) is 0 Å². The highest BCUT2D eigenvalue weighted by Gasteiger charge is 2.24. The maximum Gasteiger partial charge on any atom is 0.131 e. The molecule has 2 saturated carbocycles. The lowest BCUT2D eigenvalue weighted by Crippen LogP contribution is -2.21. The Bertz CT molecular complexity index is 530. The number of rotatable bonds is 12. The number of unbranched alkanes of at least 4 members (excludes halogenated alkanes) is 7. The first-order valence-electron chi connectivity index (χ1n) is 12.8. The SMILES string of the molecule is CCCCCCCCCCO[C@H]1CC[C@H](c2cnc(C3CCCCC3)nc2)CC1. The van der Waals surface area contributed by atoms with E-state index in [0.717, 1.165) is 12.4 Å². The summed E-state index contributed by atoms with van der Waals surface area (Å²) in [6, 6.07) is 0. The number of ether oxygens (including phenoxy) is 1. The van der Waals surface area contributed by atoms with E-state index in [4.69, 9.17) is 14.7 Å². The third-order valence-electron chi connectivity index (χ3n) is 7.16. The normalized spacial score (nSPS) is 23.3. The van der Waals surface area contributed by atoms with Gasteiger partial charge in [-0.3, -0.25) is 0 Å². The van der Waals surface area contributed by atoms with Crippen molar-refractivity contribution >= 4 is 0 Å². The summed E-state index contributed by atoms with van der Waals surface area (Å²) < 4.78 is 6.18. The largest absolute Gasteiger partial charge is 0.378 e. The van der Waals surface area contributed by atoms with Crippen molar-refractivity contribution in [1.29, 1.82) is 0 Å². The topological polar surface area (TPSA) is 35.0 Å². The number of nitrogens with zero attached hydrogens (tertiary/aromatic N) is 2. The standard InChI is InChI=1S/C26H44N2O/c1-2-3-4-5-6-7-8-12-19-29-25-17-15-22(16-18-25)24-20-27-26(28-21-24)23-13-10-9-11-14-23/h20-23,25H,2-19H2,1H3/t22-,25-. The molecule has 0 radical (unpaired) electrons. The van der Waals surface area contributed by atoms with Crippen LogP contribution in [-0.4, -0.2) is 22.7 Å². The highest BCUT2D eigenvalue weighted by molar-refractivity contribution is 5.14. The Kier molecular flexibility index (Phi) is 10.5. The second kappa shape index (κ2) is 13.4. The van der Waals surface area contributed by atoms with Crippen molar-refractivity contribution in [2.45, 2.75) is 134 Å². The Morgan fingerprint density at radius 1 is 0.724 bits per heavy atom. The van der Waals surface area contributed by atoms with Gasteiger partial charge in [-0.1, -0.05) is 71.1 Å². The Hall–Kier alpha value is -0.960. The van der Waals surface area contributed by atoms with Gasteiger partial charge in [0, 0.05) is 24.9 Å². The average Bonchev–Trinajstić information content (AvgIpc) is 2.79. The third-order valence-corrected chi connectivity index (χ3v) is 7.16. The molecule has 0 spiro atoms. The van der Waals surface area contributed by atoms with Gasteiger partial charge in [0.05, 0.1) is 6.10 Å². The Balaban J connectivity index is 1.26. The molecule has 2 fully saturated rings. The maximum absolute atomic E-state index is 6.18. The van der Waals surface area contributed by atoms with Crippen LogP contribution in [0.2, 0.25) is 0 Å². The van der Waals surface area contributed by atoms with Crippen molar-refractivity contribution < 1.29 is 4.74 Å². The van der Waals surface area contributed by atoms with Crippen LogP contribution in [0, 0.1) is 0 Å². The lowest BCUT2D eigenvalue weighted by Gasteiger charge is -2.29. The fraction of sp³-hybridized carbons (Fsp3) is 0.846. The molecule has 0 saturated heterocycles. The second-order valence-corrected chi connectivity index (χ2v) is 9.53. The molecule has 2 aliphatic carbocycles. The van der Waals surface area contributed by atoms with E-state index in [1.54, 1.807) is 0 Å². The minimum atomic E-state index is 0.484. The molecule has 0 unspecified atom stereocenters. The van der Waals surface area contributed by atoms with Gasteiger partial charge < -0.3 is 4.74 Å². The van der Waals surface area contributed by atoms with Crippen LogP contribution in [-0.2, 0) is 4.74 Å². The Morgan fingerprint density at radius 2 is 1.34 bits per heavy atom. The molecule has 1 heterocycles. The van der Waals surface area contributed by atoms with Gasteiger partial charge in [0.15, 0.2) is 0 Å². The first-order chi connectivity index (χ1) is 14.4. The van der Waals surface area contributed by atoms with Gasteiger partial charge >= 0.3 is 0 Å². The summed E-state index contributed by atoms with van der Waals surface area (Å²) in [6.07, 6.45) is 27.2. The summed E-state index contributed by atoms with van der Waals surface area (Å²) in [5, 5.41) is 0. The van der Waals surface area contributed by atoms with Crippen LogP contribution >= 0.6 is 0 Å². The molecule has 3 heteroatoms. The third kappa shape index (κ3) is 8.00. The van der Waals surface area contributed by atoms with Gasteiger partial charge in [-0.05, 0) is 56.4 Å². The van der Waals surface area contributed by atoms with Crippen molar-refractivity contribution in [1.82, 2.24) is 9.97 Å². The van der Waals surface area contributed by atoms with Gasteiger partial charge in [-0.15, -0.1) is 0 Å². The van der Waals surface area contributed by atoms with Gasteiger partial charge in [0.25, 0.3) is 0 Å². The van der Waals surface area contributed by atoms with Gasteiger partial charge in [0.2, 0.25) is 0 Å². The first-order valence-corrected chi connectivity index (χ1v) is 12.8. The average molecular weight is 401 g/mol. The van der Waals surface area contributed by atoms with E-state index in [1.807, 2.05) is 0 Å². The summed E-state index contributed by atoms with van der Waals surface area (Å²) in [4.78, 5) is 9.51. The molecule has 164 valence electrons. The zero-order valence-corrected chi connectivity index (χ0v) is 18.9. The minimum absolute atomic E-state index is 0.484. The van der Waals surface area contributed by atoms with Gasteiger partial charge in [-0.25, -0.2) is 9.97 Å². The zero-order valence-electron chi connectivity index (χ0n) is 18.9. The molecule has 1 aromatic rings. The molecule has 0 bridgehead atoms. The molecular formula is C26H44N2O. The number of hydrogen-bond acceptors (Lipinski definition) is 3. The summed E-state index contributed by atoms with van der Waals surface area (Å²) in [5.74, 6) is 2.34. The summed E-state index contributed by atoms with van der Waals surface area (Å²) >= 11 is 0. The molecule has 1 aromatic heterocycles. The van der Waals surface area contributed by atoms with E-state index in [0.29, 0.717) is 17.9 Å². The monoisotopic (exact) mass is 400 g/mol. The molecular weight excluding hydrogens is 356 g/mol. The number of hydrogen-bond donors (Lipinski definition) is 0. The van der Waals surface area contributed by atoms with Crippen LogP contribution in [0.5, 0.6) is 0 Å². The molecule has 3 rings (SSSR count). The van der Waals surface area contributed by atoms with Crippen LogP contribution < -0.4 is 0 Å². The lowest BCUT2D eigenvalue weighted by atomic mass is 9.83. The minimum Gasteiger partial charge on any atom is -0.378 e. The molecule has 0 amide bonds. The Morgan fingerprint density at radius 3 is 2.00 bits per heavy atom. The summed E-state index contributed by atoms with van der Waals surface area (Å²) in [6.45, 7) is 3.25. The van der Waals surface area contributed by atoms with Crippen molar-refractivity contribution in [3.63, 3.8) is 0 Å². The van der Waals surface area contributed by atoms with Crippen LogP contribution in [0.25, 0.3) is 0 Å². The fourth-order valence-electron chi connectivity index (χ4n) is 5.18. The van der Waals surface area contributed by atoms with E-state index in [-0.39, 0.29) is 0 Å². The molecule has 2 aliphatic rings. The smallest absolute Gasteiger partial charge is 0.131 e. The van der Waals surface area contributed by atoms with Crippen molar-refractivity contribution in [3.05, 3.63) is 23.8 Å². The molecule has 0 atom stereocenters. The second-order valence-electron chi connectivity index (χ2n) is 9.53. The van der Waals surface area contributed by atoms with Crippen molar-refractivity contribution in [2.24, 2.45) is 0 Å². The zero-order chi connectivity index (χ0) is 20.2. The van der Waals surface area contributed by atoms with E-state index < -0.39 is 0 Å². The fourth-order valence-corrected chi connectivity index (χ4v) is 5.18. The van der Waals surface area contributed by atoms with Crippen molar-refractivity contribution in [3.8, 4) is 0 Å². The van der Waals surface area contributed by atoms with E-state index >= 15 is 0 Å².